The molecule has 0 saturated heterocycles. The van der Waals surface area contributed by atoms with E-state index in [1.165, 1.54) is 0 Å². The predicted molar refractivity (Wildman–Crippen MR) is 42.9 cm³/mol. The Morgan fingerprint density at radius 2 is 2.07 bits per heavy atom. The molecule has 0 spiro atoms. The van der Waals surface area contributed by atoms with Crippen LogP contribution in [0.4, 0.5) is 13.2 Å². The van der Waals surface area contributed by atoms with Crippen molar-refractivity contribution >= 4 is 6.29 Å². The largest absolute Gasteiger partial charge is 0.493 e. The second-order valence-electron chi connectivity index (χ2n) is 2.56. The van der Waals surface area contributed by atoms with Gasteiger partial charge in [0.15, 0.2) is 17.9 Å². The zero-order valence-corrected chi connectivity index (χ0v) is 7.26. The lowest BCUT2D eigenvalue weighted by atomic mass is 10.1. The van der Waals surface area contributed by atoms with Crippen molar-refractivity contribution in [1.82, 2.24) is 0 Å². The molecule has 0 aliphatic heterocycles. The maximum Gasteiger partial charge on any atom is 0.331 e. The second kappa shape index (κ2) is 3.69. The number of para-hydroxylation sites is 1. The number of hydrogen-bond acceptors (Lipinski definition) is 2. The number of carbonyl (C=O) groups is 1. The third-order valence-electron chi connectivity index (χ3n) is 1.68. The quantitative estimate of drug-likeness (QED) is 0.705. The first-order valence-corrected chi connectivity index (χ1v) is 3.70. The van der Waals surface area contributed by atoms with E-state index in [9.17, 15) is 18.0 Å². The highest BCUT2D eigenvalue weighted by molar-refractivity contribution is 5.65. The number of methoxy groups -OCH3 is 1. The van der Waals surface area contributed by atoms with Crippen LogP contribution in [0.5, 0.6) is 5.75 Å². The van der Waals surface area contributed by atoms with E-state index in [0.29, 0.717) is 0 Å². The first kappa shape index (κ1) is 10.6. The monoisotopic (exact) mass is 204 g/mol. The van der Waals surface area contributed by atoms with Gasteiger partial charge in [-0.2, -0.15) is 8.78 Å². The van der Waals surface area contributed by atoms with E-state index >= 15 is 0 Å². The Kier molecular flexibility index (Phi) is 2.78. The summed E-state index contributed by atoms with van der Waals surface area (Å²) in [5.41, 5.74) is -0.769. The highest BCUT2D eigenvalue weighted by Crippen LogP contribution is 2.34. The van der Waals surface area contributed by atoms with E-state index in [-0.39, 0.29) is 0 Å². The fraction of sp³-hybridized carbons (Fsp3) is 0.222. The first-order valence-electron chi connectivity index (χ1n) is 3.70. The molecule has 0 atom stereocenters. The van der Waals surface area contributed by atoms with E-state index in [0.717, 1.165) is 25.3 Å². The minimum absolute atomic E-state index is 0.551. The van der Waals surface area contributed by atoms with E-state index in [2.05, 4.69) is 4.74 Å². The van der Waals surface area contributed by atoms with Crippen LogP contribution in [0, 0.1) is 5.82 Å². The molecule has 1 aromatic carbocycles. The molecule has 0 bridgehead atoms. The van der Waals surface area contributed by atoms with Gasteiger partial charge < -0.3 is 4.74 Å². The normalized spacial score (nSPS) is 11.1. The number of rotatable bonds is 3. The zero-order valence-electron chi connectivity index (χ0n) is 7.26. The SMILES string of the molecule is COc1c(F)cccc1C(F)(F)C=O. The predicted octanol–water partition coefficient (Wildman–Crippen LogP) is 2.12. The number of benzene rings is 1. The Hall–Kier alpha value is -1.52. The van der Waals surface area contributed by atoms with Crippen molar-refractivity contribution in [1.29, 1.82) is 0 Å². The first-order chi connectivity index (χ1) is 6.53. The van der Waals surface area contributed by atoms with Crippen LogP contribution in [0.15, 0.2) is 18.2 Å². The Labute approximate surface area is 78.3 Å². The van der Waals surface area contributed by atoms with Crippen molar-refractivity contribution < 1.29 is 22.7 Å². The minimum Gasteiger partial charge on any atom is -0.493 e. The van der Waals surface area contributed by atoms with E-state index in [1.807, 2.05) is 0 Å². The van der Waals surface area contributed by atoms with Gasteiger partial charge in [0.1, 0.15) is 0 Å². The lowest BCUT2D eigenvalue weighted by molar-refractivity contribution is -0.130. The van der Waals surface area contributed by atoms with Gasteiger partial charge in [-0.1, -0.05) is 6.07 Å². The van der Waals surface area contributed by atoms with E-state index < -0.39 is 29.3 Å². The molecule has 0 aromatic heterocycles. The summed E-state index contributed by atoms with van der Waals surface area (Å²) in [6.07, 6.45) is -0.551. The van der Waals surface area contributed by atoms with Gasteiger partial charge in [-0.05, 0) is 12.1 Å². The molecule has 0 heterocycles. The second-order valence-corrected chi connectivity index (χ2v) is 2.56. The van der Waals surface area contributed by atoms with Crippen molar-refractivity contribution in [2.24, 2.45) is 0 Å². The Bertz CT molecular complexity index is 350. The Morgan fingerprint density at radius 3 is 2.57 bits per heavy atom. The molecular formula is C9H7F3O2. The standard InChI is InChI=1S/C9H7F3O2/c1-14-8-6(9(11,12)5-13)3-2-4-7(8)10/h2-5H,1H3. The fourth-order valence-electron chi connectivity index (χ4n) is 1.04. The summed E-state index contributed by atoms with van der Waals surface area (Å²) >= 11 is 0. The van der Waals surface area contributed by atoms with E-state index in [1.54, 1.807) is 0 Å². The summed E-state index contributed by atoms with van der Waals surface area (Å²) in [5.74, 6) is -5.26. The molecule has 0 N–H and O–H groups in total. The van der Waals surface area contributed by atoms with Gasteiger partial charge in [-0.25, -0.2) is 4.39 Å². The van der Waals surface area contributed by atoms with Gasteiger partial charge >= 0.3 is 5.92 Å². The molecule has 1 rings (SSSR count). The highest BCUT2D eigenvalue weighted by Gasteiger charge is 2.35. The highest BCUT2D eigenvalue weighted by atomic mass is 19.3. The average Bonchev–Trinajstić information content (AvgIpc) is 2.17. The summed E-state index contributed by atoms with van der Waals surface area (Å²) in [4.78, 5) is 10.1. The lowest BCUT2D eigenvalue weighted by Gasteiger charge is -2.13. The smallest absolute Gasteiger partial charge is 0.331 e. The van der Waals surface area contributed by atoms with Crippen molar-refractivity contribution in [3.63, 3.8) is 0 Å². The van der Waals surface area contributed by atoms with Crippen molar-refractivity contribution in [3.8, 4) is 5.75 Å². The third kappa shape index (κ3) is 1.71. The fourth-order valence-corrected chi connectivity index (χ4v) is 1.04. The van der Waals surface area contributed by atoms with Crippen molar-refractivity contribution in [2.45, 2.75) is 5.92 Å². The molecule has 14 heavy (non-hydrogen) atoms. The van der Waals surface area contributed by atoms with Crippen LogP contribution in [0.25, 0.3) is 0 Å². The molecule has 0 amide bonds. The van der Waals surface area contributed by atoms with Gasteiger partial charge in [-0.15, -0.1) is 0 Å². The Balaban J connectivity index is 3.34. The van der Waals surface area contributed by atoms with E-state index in [4.69, 9.17) is 0 Å². The van der Waals surface area contributed by atoms with Crippen LogP contribution in [0.2, 0.25) is 0 Å². The molecule has 76 valence electrons. The number of carbonyl (C=O) groups excluding carboxylic acids is 1. The van der Waals surface area contributed by atoms with Crippen molar-refractivity contribution in [3.05, 3.63) is 29.6 Å². The molecule has 5 heteroatoms. The van der Waals surface area contributed by atoms with Gasteiger partial charge in [0.05, 0.1) is 12.7 Å². The van der Waals surface area contributed by atoms with Gasteiger partial charge in [-0.3, -0.25) is 4.79 Å². The molecule has 0 aliphatic carbocycles. The number of alkyl halides is 2. The van der Waals surface area contributed by atoms with Crippen LogP contribution >= 0.6 is 0 Å². The summed E-state index contributed by atoms with van der Waals surface area (Å²) in [6.45, 7) is 0. The summed E-state index contributed by atoms with van der Waals surface area (Å²) < 4.78 is 43.2. The minimum atomic E-state index is -3.73. The number of hydrogen-bond donors (Lipinski definition) is 0. The molecule has 1 aromatic rings. The van der Waals surface area contributed by atoms with Crippen LogP contribution in [-0.4, -0.2) is 13.4 Å². The number of aldehydes is 1. The molecule has 0 aliphatic rings. The van der Waals surface area contributed by atoms with Crippen LogP contribution in [0.1, 0.15) is 5.56 Å². The topological polar surface area (TPSA) is 26.3 Å². The molecular weight excluding hydrogens is 197 g/mol. The maximum atomic E-state index is 12.9. The Morgan fingerprint density at radius 1 is 1.43 bits per heavy atom. The van der Waals surface area contributed by atoms with Crippen LogP contribution in [-0.2, 0) is 10.7 Å². The van der Waals surface area contributed by atoms with Gasteiger partial charge in [0.25, 0.3) is 0 Å². The van der Waals surface area contributed by atoms with Gasteiger partial charge in [0, 0.05) is 0 Å². The summed E-state index contributed by atoms with van der Waals surface area (Å²) in [6, 6.07) is 3.00. The zero-order chi connectivity index (χ0) is 10.8. The summed E-state index contributed by atoms with van der Waals surface area (Å²) in [7, 11) is 1.06. The number of ether oxygens (including phenoxy) is 1. The molecule has 0 saturated carbocycles. The maximum absolute atomic E-state index is 12.9. The third-order valence-corrected chi connectivity index (χ3v) is 1.68. The molecule has 2 nitrogen and oxygen atoms in total. The molecule has 0 fully saturated rings. The van der Waals surface area contributed by atoms with Gasteiger partial charge in [0.2, 0.25) is 0 Å². The molecule has 0 unspecified atom stereocenters. The van der Waals surface area contributed by atoms with Crippen LogP contribution in [0.3, 0.4) is 0 Å². The lowest BCUT2D eigenvalue weighted by Crippen LogP contribution is -2.16. The van der Waals surface area contributed by atoms with Crippen LogP contribution < -0.4 is 4.74 Å². The number of halogens is 3. The molecule has 0 radical (unpaired) electrons. The van der Waals surface area contributed by atoms with Crippen molar-refractivity contribution in [2.75, 3.05) is 7.11 Å². The summed E-state index contributed by atoms with van der Waals surface area (Å²) in [5, 5.41) is 0. The average molecular weight is 204 g/mol.